The van der Waals surface area contributed by atoms with Crippen molar-refractivity contribution in [2.24, 2.45) is 5.92 Å². The normalized spacial score (nSPS) is 12.7. The van der Waals surface area contributed by atoms with E-state index in [-0.39, 0.29) is 6.61 Å². The number of rotatable bonds is 9. The summed E-state index contributed by atoms with van der Waals surface area (Å²) in [6.45, 7) is 6.18. The van der Waals surface area contributed by atoms with Crippen molar-refractivity contribution < 1.29 is 9.84 Å². The zero-order valence-corrected chi connectivity index (χ0v) is 12.5. The van der Waals surface area contributed by atoms with E-state index < -0.39 is 6.10 Å². The largest absolute Gasteiger partial charge is 0.491 e. The molecule has 4 heteroatoms. The van der Waals surface area contributed by atoms with Gasteiger partial charge in [-0.25, -0.2) is 0 Å². The zero-order valence-electron chi connectivity index (χ0n) is 11.7. The quantitative estimate of drug-likeness (QED) is 0.732. The van der Waals surface area contributed by atoms with E-state index in [1.54, 1.807) is 24.3 Å². The Balaban J connectivity index is 2.17. The van der Waals surface area contributed by atoms with E-state index in [9.17, 15) is 5.11 Å². The van der Waals surface area contributed by atoms with Crippen LogP contribution in [0.25, 0.3) is 0 Å². The molecule has 3 nitrogen and oxygen atoms in total. The van der Waals surface area contributed by atoms with E-state index in [0.717, 1.165) is 12.3 Å². The van der Waals surface area contributed by atoms with Gasteiger partial charge in [-0.1, -0.05) is 38.3 Å². The Morgan fingerprint density at radius 2 is 1.79 bits per heavy atom. The molecule has 1 aromatic carbocycles. The predicted molar refractivity (Wildman–Crippen MR) is 79.9 cm³/mol. The second-order valence-corrected chi connectivity index (χ2v) is 5.20. The van der Waals surface area contributed by atoms with Gasteiger partial charge in [0.05, 0.1) is 0 Å². The zero-order chi connectivity index (χ0) is 14.1. The number of ether oxygens (including phenoxy) is 1. The van der Waals surface area contributed by atoms with Crippen LogP contribution < -0.4 is 10.1 Å². The first-order valence-electron chi connectivity index (χ1n) is 6.92. The highest BCUT2D eigenvalue weighted by atomic mass is 35.5. The minimum absolute atomic E-state index is 0.289. The molecule has 0 saturated heterocycles. The molecule has 0 heterocycles. The molecule has 2 N–H and O–H groups in total. The maximum atomic E-state index is 9.81. The number of aliphatic hydroxyl groups is 1. The van der Waals surface area contributed by atoms with Gasteiger partial charge in [0.2, 0.25) is 0 Å². The van der Waals surface area contributed by atoms with E-state index in [0.29, 0.717) is 17.5 Å². The fourth-order valence-electron chi connectivity index (χ4n) is 1.81. The fraction of sp³-hybridized carbons (Fsp3) is 0.600. The van der Waals surface area contributed by atoms with Gasteiger partial charge >= 0.3 is 0 Å². The van der Waals surface area contributed by atoms with E-state index >= 15 is 0 Å². The maximum absolute atomic E-state index is 9.81. The Morgan fingerprint density at radius 1 is 1.16 bits per heavy atom. The number of hydrogen-bond donors (Lipinski definition) is 2. The van der Waals surface area contributed by atoms with Crippen LogP contribution in [-0.4, -0.2) is 30.9 Å². The van der Waals surface area contributed by atoms with Crippen molar-refractivity contribution in [1.82, 2.24) is 5.32 Å². The van der Waals surface area contributed by atoms with Gasteiger partial charge in [0, 0.05) is 11.6 Å². The molecular formula is C15H24ClNO2. The molecule has 19 heavy (non-hydrogen) atoms. The molecule has 0 aliphatic carbocycles. The van der Waals surface area contributed by atoms with Gasteiger partial charge in [-0.2, -0.15) is 0 Å². The molecule has 1 atom stereocenters. The van der Waals surface area contributed by atoms with Gasteiger partial charge < -0.3 is 15.2 Å². The van der Waals surface area contributed by atoms with Crippen LogP contribution in [-0.2, 0) is 0 Å². The van der Waals surface area contributed by atoms with E-state index in [4.69, 9.17) is 16.3 Å². The van der Waals surface area contributed by atoms with Crippen molar-refractivity contribution in [2.45, 2.75) is 32.8 Å². The van der Waals surface area contributed by atoms with Crippen LogP contribution in [0.5, 0.6) is 5.75 Å². The minimum atomic E-state index is -0.495. The van der Waals surface area contributed by atoms with Gasteiger partial charge in [-0.05, 0) is 36.7 Å². The van der Waals surface area contributed by atoms with Gasteiger partial charge in [0.15, 0.2) is 0 Å². The second-order valence-electron chi connectivity index (χ2n) is 4.76. The number of halogens is 1. The summed E-state index contributed by atoms with van der Waals surface area (Å²) in [6, 6.07) is 7.14. The summed E-state index contributed by atoms with van der Waals surface area (Å²) in [7, 11) is 0. The molecular weight excluding hydrogens is 262 g/mol. The van der Waals surface area contributed by atoms with Crippen molar-refractivity contribution in [2.75, 3.05) is 19.7 Å². The van der Waals surface area contributed by atoms with E-state index in [1.165, 1.54) is 12.8 Å². The minimum Gasteiger partial charge on any atom is -0.491 e. The van der Waals surface area contributed by atoms with Gasteiger partial charge in [0.25, 0.3) is 0 Å². The van der Waals surface area contributed by atoms with Crippen molar-refractivity contribution in [3.63, 3.8) is 0 Å². The molecule has 1 unspecified atom stereocenters. The summed E-state index contributed by atoms with van der Waals surface area (Å²) in [6.07, 6.45) is 1.84. The molecule has 0 aliphatic rings. The van der Waals surface area contributed by atoms with Crippen LogP contribution in [0.4, 0.5) is 0 Å². The monoisotopic (exact) mass is 285 g/mol. The average molecular weight is 286 g/mol. The Hall–Kier alpha value is -0.770. The molecule has 0 amide bonds. The van der Waals surface area contributed by atoms with Crippen LogP contribution in [0.15, 0.2) is 24.3 Å². The first-order valence-corrected chi connectivity index (χ1v) is 7.30. The molecule has 1 rings (SSSR count). The second kappa shape index (κ2) is 9.18. The lowest BCUT2D eigenvalue weighted by molar-refractivity contribution is 0.105. The summed E-state index contributed by atoms with van der Waals surface area (Å²) >= 11 is 5.79. The lowest BCUT2D eigenvalue weighted by atomic mass is 10.0. The van der Waals surface area contributed by atoms with Gasteiger partial charge in [0.1, 0.15) is 18.5 Å². The Morgan fingerprint density at radius 3 is 2.37 bits per heavy atom. The molecule has 0 radical (unpaired) electrons. The fourth-order valence-corrected chi connectivity index (χ4v) is 1.94. The average Bonchev–Trinajstić information content (AvgIpc) is 2.43. The molecule has 0 aromatic heterocycles. The molecule has 108 valence electrons. The highest BCUT2D eigenvalue weighted by Crippen LogP contribution is 2.15. The van der Waals surface area contributed by atoms with Crippen LogP contribution in [0, 0.1) is 5.92 Å². The molecule has 0 bridgehead atoms. The number of benzene rings is 1. The van der Waals surface area contributed by atoms with Crippen LogP contribution in [0.1, 0.15) is 26.7 Å². The Kier molecular flexibility index (Phi) is 7.87. The maximum Gasteiger partial charge on any atom is 0.119 e. The van der Waals surface area contributed by atoms with Crippen molar-refractivity contribution >= 4 is 11.6 Å². The highest BCUT2D eigenvalue weighted by molar-refractivity contribution is 6.30. The topological polar surface area (TPSA) is 41.5 Å². The Labute approximate surface area is 120 Å². The summed E-state index contributed by atoms with van der Waals surface area (Å²) in [5, 5.41) is 13.8. The smallest absolute Gasteiger partial charge is 0.119 e. The number of hydrogen-bond acceptors (Lipinski definition) is 3. The third-order valence-corrected chi connectivity index (χ3v) is 3.48. The lowest BCUT2D eigenvalue weighted by Crippen LogP contribution is -2.34. The number of nitrogens with one attached hydrogen (secondary N) is 1. The summed E-state index contributed by atoms with van der Waals surface area (Å²) < 4.78 is 5.48. The first-order chi connectivity index (χ1) is 9.15. The third-order valence-electron chi connectivity index (χ3n) is 3.22. The Bertz CT molecular complexity index is 339. The van der Waals surface area contributed by atoms with Crippen molar-refractivity contribution in [3.05, 3.63) is 29.3 Å². The standard InChI is InChI=1S/C15H24ClNO2/c1-3-12(4-2)9-17-10-14(18)11-19-15-7-5-13(16)6-8-15/h5-8,12,14,17-18H,3-4,9-11H2,1-2H3. The highest BCUT2D eigenvalue weighted by Gasteiger charge is 2.07. The van der Waals surface area contributed by atoms with Crippen LogP contribution in [0.2, 0.25) is 5.02 Å². The van der Waals surface area contributed by atoms with E-state index in [2.05, 4.69) is 19.2 Å². The SMILES string of the molecule is CCC(CC)CNCC(O)COc1ccc(Cl)cc1. The van der Waals surface area contributed by atoms with Gasteiger partial charge in [-0.3, -0.25) is 0 Å². The summed E-state index contributed by atoms with van der Waals surface area (Å²) in [4.78, 5) is 0. The van der Waals surface area contributed by atoms with Crippen LogP contribution in [0.3, 0.4) is 0 Å². The molecule has 0 aliphatic heterocycles. The third kappa shape index (κ3) is 6.81. The molecule has 1 aromatic rings. The van der Waals surface area contributed by atoms with Crippen molar-refractivity contribution in [3.8, 4) is 5.75 Å². The number of aliphatic hydroxyl groups excluding tert-OH is 1. The molecule has 0 spiro atoms. The predicted octanol–water partition coefficient (Wildman–Crippen LogP) is 3.11. The molecule has 0 saturated carbocycles. The van der Waals surface area contributed by atoms with Crippen molar-refractivity contribution in [1.29, 1.82) is 0 Å². The molecule has 0 fully saturated rings. The van der Waals surface area contributed by atoms with Gasteiger partial charge in [-0.15, -0.1) is 0 Å². The summed E-state index contributed by atoms with van der Waals surface area (Å²) in [5.74, 6) is 1.41. The first kappa shape index (κ1) is 16.3. The lowest BCUT2D eigenvalue weighted by Gasteiger charge is -2.16. The van der Waals surface area contributed by atoms with Crippen LogP contribution >= 0.6 is 11.6 Å². The van der Waals surface area contributed by atoms with E-state index in [1.807, 2.05) is 0 Å². The summed E-state index contributed by atoms with van der Waals surface area (Å²) in [5.41, 5.74) is 0.